The van der Waals surface area contributed by atoms with E-state index in [-0.39, 0.29) is 30.5 Å². The fourth-order valence-electron chi connectivity index (χ4n) is 2.10. The molecule has 0 radical (unpaired) electrons. The number of halogens is 1. The van der Waals surface area contributed by atoms with Crippen LogP contribution in [-0.4, -0.2) is 48.7 Å². The van der Waals surface area contributed by atoms with Gasteiger partial charge < -0.3 is 18.8 Å². The third-order valence-corrected chi connectivity index (χ3v) is 3.30. The molecule has 7 heteroatoms. The fraction of sp³-hybridized carbons (Fsp3) is 0.538. The normalized spacial score (nSPS) is 22.6. The van der Waals surface area contributed by atoms with E-state index in [0.29, 0.717) is 17.8 Å². The number of furan rings is 1. The predicted octanol–water partition coefficient (Wildman–Crippen LogP) is 1.83. The molecule has 1 saturated heterocycles. The lowest BCUT2D eigenvalue weighted by Gasteiger charge is -2.35. The molecule has 2 atom stereocenters. The van der Waals surface area contributed by atoms with Gasteiger partial charge in [0.1, 0.15) is 0 Å². The summed E-state index contributed by atoms with van der Waals surface area (Å²) in [6, 6.07) is 3.07. The van der Waals surface area contributed by atoms with Gasteiger partial charge in [-0.05, 0) is 41.9 Å². The molecule has 1 aliphatic heterocycles. The summed E-state index contributed by atoms with van der Waals surface area (Å²) in [6.07, 6.45) is -0.0288. The van der Waals surface area contributed by atoms with Crippen LogP contribution in [0.2, 0.25) is 0 Å². The third-order valence-electron chi connectivity index (χ3n) is 2.87. The molecular formula is C13H16BrNO5. The van der Waals surface area contributed by atoms with Crippen LogP contribution in [0.5, 0.6) is 0 Å². The van der Waals surface area contributed by atoms with Crippen molar-refractivity contribution in [1.29, 1.82) is 0 Å². The molecule has 1 aliphatic rings. The number of ether oxygens (including phenoxy) is 2. The van der Waals surface area contributed by atoms with Crippen LogP contribution in [-0.2, 0) is 14.3 Å². The maximum atomic E-state index is 12.0. The number of carbonyl (C=O) groups is 2. The second-order valence-corrected chi connectivity index (χ2v) is 5.52. The number of hydrogen-bond donors (Lipinski definition) is 0. The molecule has 0 aliphatic carbocycles. The molecule has 1 fully saturated rings. The second-order valence-electron chi connectivity index (χ2n) is 4.74. The molecule has 1 amide bonds. The van der Waals surface area contributed by atoms with E-state index in [9.17, 15) is 9.59 Å². The van der Waals surface area contributed by atoms with E-state index in [0.717, 1.165) is 0 Å². The van der Waals surface area contributed by atoms with Crippen molar-refractivity contribution in [3.05, 3.63) is 22.6 Å². The van der Waals surface area contributed by atoms with E-state index in [1.807, 2.05) is 13.8 Å². The van der Waals surface area contributed by atoms with Crippen molar-refractivity contribution >= 4 is 27.8 Å². The molecule has 110 valence electrons. The van der Waals surface area contributed by atoms with E-state index in [4.69, 9.17) is 13.9 Å². The quantitative estimate of drug-likeness (QED) is 0.781. The van der Waals surface area contributed by atoms with Crippen LogP contribution in [0.4, 0.5) is 0 Å². The molecule has 1 aromatic rings. The van der Waals surface area contributed by atoms with Crippen molar-refractivity contribution in [2.75, 3.05) is 19.7 Å². The Bertz CT molecular complexity index is 491. The van der Waals surface area contributed by atoms with Gasteiger partial charge in [-0.15, -0.1) is 0 Å². The molecular weight excluding hydrogens is 330 g/mol. The van der Waals surface area contributed by atoms with Crippen molar-refractivity contribution < 1.29 is 23.5 Å². The Kier molecular flexibility index (Phi) is 4.82. The van der Waals surface area contributed by atoms with Crippen molar-refractivity contribution in [2.45, 2.75) is 26.1 Å². The van der Waals surface area contributed by atoms with Crippen molar-refractivity contribution in [3.63, 3.8) is 0 Å². The molecule has 0 bridgehead atoms. The van der Waals surface area contributed by atoms with Crippen LogP contribution in [0, 0.1) is 0 Å². The van der Waals surface area contributed by atoms with Gasteiger partial charge in [-0.25, -0.2) is 4.79 Å². The lowest BCUT2D eigenvalue weighted by Crippen LogP contribution is -2.49. The molecule has 0 aromatic carbocycles. The Balaban J connectivity index is 1.84. The SMILES string of the molecule is CC1CN(C(=O)COC(=O)c2ccc(Br)o2)CC(C)O1. The monoisotopic (exact) mass is 345 g/mol. The molecule has 0 spiro atoms. The first-order chi connectivity index (χ1) is 9.45. The van der Waals surface area contributed by atoms with Gasteiger partial charge in [0.05, 0.1) is 12.2 Å². The number of hydrogen-bond acceptors (Lipinski definition) is 5. The van der Waals surface area contributed by atoms with E-state index in [1.165, 1.54) is 6.07 Å². The molecule has 2 unspecified atom stereocenters. The number of nitrogens with zero attached hydrogens (tertiary/aromatic N) is 1. The minimum atomic E-state index is -0.654. The van der Waals surface area contributed by atoms with E-state index < -0.39 is 5.97 Å². The number of esters is 1. The Morgan fingerprint density at radius 3 is 2.55 bits per heavy atom. The van der Waals surface area contributed by atoms with E-state index >= 15 is 0 Å². The van der Waals surface area contributed by atoms with Gasteiger partial charge in [0.25, 0.3) is 5.91 Å². The number of carbonyl (C=O) groups excluding carboxylic acids is 2. The summed E-state index contributed by atoms with van der Waals surface area (Å²) in [4.78, 5) is 25.3. The zero-order chi connectivity index (χ0) is 14.7. The topological polar surface area (TPSA) is 69.0 Å². The number of morpholine rings is 1. The summed E-state index contributed by atoms with van der Waals surface area (Å²) in [5.41, 5.74) is 0. The van der Waals surface area contributed by atoms with Gasteiger partial charge >= 0.3 is 5.97 Å². The maximum Gasteiger partial charge on any atom is 0.374 e. The molecule has 2 heterocycles. The highest BCUT2D eigenvalue weighted by atomic mass is 79.9. The van der Waals surface area contributed by atoms with E-state index in [1.54, 1.807) is 11.0 Å². The van der Waals surface area contributed by atoms with Crippen molar-refractivity contribution in [1.82, 2.24) is 4.90 Å². The first-order valence-electron chi connectivity index (χ1n) is 6.31. The van der Waals surface area contributed by atoms with Crippen LogP contribution in [0.3, 0.4) is 0 Å². The van der Waals surface area contributed by atoms with Gasteiger partial charge in [-0.3, -0.25) is 4.79 Å². The highest BCUT2D eigenvalue weighted by Gasteiger charge is 2.26. The Morgan fingerprint density at radius 1 is 1.35 bits per heavy atom. The standard InChI is InChI=1S/C13H16BrNO5/c1-8-5-15(6-9(2)19-8)12(16)7-18-13(17)10-3-4-11(14)20-10/h3-4,8-9H,5-7H2,1-2H3. The molecule has 20 heavy (non-hydrogen) atoms. The molecule has 1 aromatic heterocycles. The maximum absolute atomic E-state index is 12.0. The second kappa shape index (κ2) is 6.41. The van der Waals surface area contributed by atoms with Crippen molar-refractivity contribution in [3.8, 4) is 0 Å². The first-order valence-corrected chi connectivity index (χ1v) is 7.10. The molecule has 6 nitrogen and oxygen atoms in total. The smallest absolute Gasteiger partial charge is 0.374 e. The predicted molar refractivity (Wildman–Crippen MR) is 73.3 cm³/mol. The molecule has 0 saturated carbocycles. The van der Waals surface area contributed by atoms with Crippen LogP contribution in [0.25, 0.3) is 0 Å². The summed E-state index contributed by atoms with van der Waals surface area (Å²) in [7, 11) is 0. The molecule has 2 rings (SSSR count). The average molecular weight is 346 g/mol. The summed E-state index contributed by atoms with van der Waals surface area (Å²) in [6.45, 7) is 4.53. The Morgan fingerprint density at radius 2 is 2.00 bits per heavy atom. The third kappa shape index (κ3) is 3.83. The van der Waals surface area contributed by atoms with Gasteiger partial charge in [0, 0.05) is 13.1 Å². The lowest BCUT2D eigenvalue weighted by molar-refractivity contribution is -0.146. The largest absolute Gasteiger partial charge is 0.450 e. The van der Waals surface area contributed by atoms with E-state index in [2.05, 4.69) is 15.9 Å². The van der Waals surface area contributed by atoms with Gasteiger partial charge in [0.15, 0.2) is 11.3 Å². The van der Waals surface area contributed by atoms with Crippen LogP contribution >= 0.6 is 15.9 Å². The zero-order valence-corrected chi connectivity index (χ0v) is 12.9. The minimum absolute atomic E-state index is 0.0144. The first kappa shape index (κ1) is 15.1. The van der Waals surface area contributed by atoms with Gasteiger partial charge in [-0.2, -0.15) is 0 Å². The Labute approximate surface area is 125 Å². The minimum Gasteiger partial charge on any atom is -0.450 e. The average Bonchev–Trinajstić information content (AvgIpc) is 2.81. The molecule has 0 N–H and O–H groups in total. The Hall–Kier alpha value is -1.34. The van der Waals surface area contributed by atoms with Crippen LogP contribution < -0.4 is 0 Å². The summed E-state index contributed by atoms with van der Waals surface area (Å²) in [5.74, 6) is -0.822. The highest BCUT2D eigenvalue weighted by molar-refractivity contribution is 9.10. The zero-order valence-electron chi connectivity index (χ0n) is 11.3. The summed E-state index contributed by atoms with van der Waals surface area (Å²) < 4.78 is 16.0. The summed E-state index contributed by atoms with van der Waals surface area (Å²) >= 11 is 3.09. The fourth-order valence-corrected chi connectivity index (χ4v) is 2.40. The summed E-state index contributed by atoms with van der Waals surface area (Å²) in [5, 5.41) is 0. The highest BCUT2D eigenvalue weighted by Crippen LogP contribution is 2.15. The van der Waals surface area contributed by atoms with Crippen LogP contribution in [0.1, 0.15) is 24.4 Å². The lowest BCUT2D eigenvalue weighted by atomic mass is 10.2. The van der Waals surface area contributed by atoms with Crippen LogP contribution in [0.15, 0.2) is 21.2 Å². The number of rotatable bonds is 3. The van der Waals surface area contributed by atoms with Gasteiger partial charge in [0.2, 0.25) is 5.76 Å². The number of amides is 1. The van der Waals surface area contributed by atoms with Crippen molar-refractivity contribution in [2.24, 2.45) is 0 Å². The van der Waals surface area contributed by atoms with Gasteiger partial charge in [-0.1, -0.05) is 0 Å².